The van der Waals surface area contributed by atoms with E-state index in [1.54, 1.807) is 0 Å². The van der Waals surface area contributed by atoms with Gasteiger partial charge in [0.05, 0.1) is 13.1 Å². The van der Waals surface area contributed by atoms with Crippen LogP contribution in [0.25, 0.3) is 0 Å². The average Bonchev–Trinajstić information content (AvgIpc) is 3.06. The number of hydrogen-bond acceptors (Lipinski definition) is 9. The summed E-state index contributed by atoms with van der Waals surface area (Å²) in [6.45, 7) is 13.6. The molecule has 48 heavy (non-hydrogen) atoms. The lowest BCUT2D eigenvalue weighted by Gasteiger charge is -2.29. The highest BCUT2D eigenvalue weighted by Gasteiger charge is 2.32. The Balaban J connectivity index is 0. The van der Waals surface area contributed by atoms with Gasteiger partial charge in [0.25, 0.3) is 11.8 Å². The van der Waals surface area contributed by atoms with Crippen molar-refractivity contribution in [2.24, 2.45) is 10.8 Å². The van der Waals surface area contributed by atoms with Crippen LogP contribution in [0.1, 0.15) is 78.0 Å². The summed E-state index contributed by atoms with van der Waals surface area (Å²) in [5, 5.41) is 19.9. The normalized spacial score (nSPS) is 10.1. The zero-order valence-corrected chi connectivity index (χ0v) is 32.0. The molecule has 3 aromatic rings. The smallest absolute Gasteiger partial charge is 0.329 e. The molecule has 0 saturated heterocycles. The number of halogens is 1. The minimum absolute atomic E-state index is 0. The molecule has 0 aliphatic carbocycles. The van der Waals surface area contributed by atoms with Crippen LogP contribution >= 0.6 is 12.4 Å². The molecule has 0 heterocycles. The number of carbonyl (C=O) groups is 3. The van der Waals surface area contributed by atoms with Gasteiger partial charge in [0, 0.05) is 55.6 Å². The van der Waals surface area contributed by atoms with E-state index < -0.39 is 16.8 Å². The van der Waals surface area contributed by atoms with Crippen LogP contribution in [0.2, 0.25) is 0 Å². The maximum Gasteiger partial charge on any atom is 0.329 e. The molecule has 0 atom stereocenters. The third-order valence-corrected chi connectivity index (χ3v) is 7.10. The molecule has 0 aromatic heterocycles. The Kier molecular flexibility index (Phi) is 25.3. The Bertz CT molecular complexity index is 1360. The van der Waals surface area contributed by atoms with Gasteiger partial charge in [-0.25, -0.2) is 10.5 Å². The van der Waals surface area contributed by atoms with Crippen LogP contribution in [-0.4, -0.2) is 38.3 Å². The number of nitrogens with zero attached hydrogens (tertiary/aromatic N) is 2. The Morgan fingerprint density at radius 3 is 1.44 bits per heavy atom. The van der Waals surface area contributed by atoms with Gasteiger partial charge >= 0.3 is 5.97 Å². The van der Waals surface area contributed by atoms with E-state index in [0.29, 0.717) is 19.4 Å². The standard InChI is InChI=1S/C15H21NO3.C13H19NO2.C7H9NO.ClH.S3/c1-5-15(3,4)14(18)16(19-12(2)17)11-13-9-7-6-8-10-13;1-4-13(2,3)12(15)14(16)10-11-8-6-5-7-9-11;9-8-6-7-4-2-1-3-5-7;;1-3-2/h6-10H,5,11H2,1-4H3;5-9,16H,4,10H2,1-3H3;1-5,8-9H,6H2;1H;. The van der Waals surface area contributed by atoms with Gasteiger partial charge in [0.15, 0.2) is 0 Å². The lowest BCUT2D eigenvalue weighted by atomic mass is 9.89. The molecule has 0 bridgehead atoms. The molecule has 266 valence electrons. The zero-order chi connectivity index (χ0) is 35.9. The van der Waals surface area contributed by atoms with E-state index in [-0.39, 0.29) is 37.3 Å². The van der Waals surface area contributed by atoms with Gasteiger partial charge in [0.2, 0.25) is 0 Å². The highest BCUT2D eigenvalue weighted by atomic mass is 35.5. The molecule has 0 aliphatic heterocycles. The van der Waals surface area contributed by atoms with Gasteiger partial charge in [-0.3, -0.25) is 19.6 Å². The lowest BCUT2D eigenvalue weighted by molar-refractivity contribution is -0.204. The predicted octanol–water partition coefficient (Wildman–Crippen LogP) is 7.35. The molecular weight excluding hydrogens is 690 g/mol. The van der Waals surface area contributed by atoms with Crippen molar-refractivity contribution in [1.82, 2.24) is 15.6 Å². The largest absolute Gasteiger partial charge is 0.338 e. The van der Waals surface area contributed by atoms with E-state index in [2.05, 4.69) is 27.9 Å². The van der Waals surface area contributed by atoms with E-state index in [9.17, 15) is 19.6 Å². The maximum absolute atomic E-state index is 12.4. The first-order valence-corrected chi connectivity index (χ1v) is 17.8. The SMILES string of the molecule is CCC(C)(C)C(=O)N(Cc1ccccc1)OC(C)=O.CCC(C)(C)C(=O)N(O)Cc1ccccc1.Cl.ONCc1ccccc1.S=S=S. The Morgan fingerprint density at radius 1 is 0.729 bits per heavy atom. The topological polar surface area (TPSA) is 119 Å². The second kappa shape index (κ2) is 25.9. The number of hydrogen-bond donors (Lipinski definition) is 3. The maximum atomic E-state index is 12.4. The van der Waals surface area contributed by atoms with E-state index in [1.165, 1.54) is 6.92 Å². The molecule has 0 saturated carbocycles. The van der Waals surface area contributed by atoms with Gasteiger partial charge in [-0.05, 0) is 29.5 Å². The summed E-state index contributed by atoms with van der Waals surface area (Å²) in [5.41, 5.74) is 3.95. The first-order valence-electron chi connectivity index (χ1n) is 15.1. The fourth-order valence-corrected chi connectivity index (χ4v) is 3.55. The number of carbonyl (C=O) groups excluding carboxylic acids is 3. The van der Waals surface area contributed by atoms with Gasteiger partial charge < -0.3 is 10.0 Å². The van der Waals surface area contributed by atoms with Crippen LogP contribution in [0.15, 0.2) is 91.0 Å². The quantitative estimate of drug-likeness (QED) is 0.145. The van der Waals surface area contributed by atoms with Crippen molar-refractivity contribution < 1.29 is 29.6 Å². The van der Waals surface area contributed by atoms with E-state index in [4.69, 9.17) is 10.0 Å². The number of nitrogens with one attached hydrogen (secondary N) is 1. The van der Waals surface area contributed by atoms with Crippen LogP contribution in [0.5, 0.6) is 0 Å². The Hall–Kier alpha value is -3.10. The van der Waals surface area contributed by atoms with Crippen molar-refractivity contribution in [1.29, 1.82) is 0 Å². The Morgan fingerprint density at radius 2 is 1.08 bits per heavy atom. The van der Waals surface area contributed by atoms with Crippen molar-refractivity contribution in [2.75, 3.05) is 0 Å². The van der Waals surface area contributed by atoms with Crippen molar-refractivity contribution in [2.45, 2.75) is 80.9 Å². The summed E-state index contributed by atoms with van der Waals surface area (Å²) in [5.74, 6) is -0.913. The van der Waals surface area contributed by atoms with Crippen LogP contribution < -0.4 is 5.48 Å². The number of benzene rings is 3. The number of hydroxylamine groups is 5. The number of rotatable bonds is 10. The van der Waals surface area contributed by atoms with E-state index in [0.717, 1.165) is 35.7 Å². The summed E-state index contributed by atoms with van der Waals surface area (Å²) in [6.07, 6.45) is 1.38. The predicted molar refractivity (Wildman–Crippen MR) is 200 cm³/mol. The molecule has 3 aromatic carbocycles. The third kappa shape index (κ3) is 19.7. The van der Waals surface area contributed by atoms with E-state index >= 15 is 0 Å². The zero-order valence-electron chi connectivity index (χ0n) is 28.8. The van der Waals surface area contributed by atoms with Crippen molar-refractivity contribution >= 4 is 61.4 Å². The highest BCUT2D eigenvalue weighted by Crippen LogP contribution is 2.25. The van der Waals surface area contributed by atoms with E-state index in [1.807, 2.05) is 133 Å². The van der Waals surface area contributed by atoms with Crippen molar-refractivity contribution in [3.63, 3.8) is 0 Å². The summed E-state index contributed by atoms with van der Waals surface area (Å²) in [6, 6.07) is 28.6. The van der Waals surface area contributed by atoms with Crippen LogP contribution in [0.3, 0.4) is 0 Å². The van der Waals surface area contributed by atoms with Crippen LogP contribution in [0, 0.1) is 10.8 Å². The lowest BCUT2D eigenvalue weighted by Crippen LogP contribution is -2.41. The molecule has 13 heteroatoms. The van der Waals surface area contributed by atoms with Crippen LogP contribution in [0.4, 0.5) is 0 Å². The molecule has 3 N–H and O–H groups in total. The van der Waals surface area contributed by atoms with Gasteiger partial charge in [0.1, 0.15) is 0 Å². The molecular formula is C35H50ClN3O6S3. The van der Waals surface area contributed by atoms with Crippen molar-refractivity contribution in [3.05, 3.63) is 108 Å². The third-order valence-electron chi connectivity index (χ3n) is 7.10. The summed E-state index contributed by atoms with van der Waals surface area (Å²) in [4.78, 5) is 40.5. The molecule has 0 aliphatic rings. The molecule has 9 nitrogen and oxygen atoms in total. The van der Waals surface area contributed by atoms with Gasteiger partial charge in [-0.15, -0.1) is 12.4 Å². The molecule has 0 radical (unpaired) electrons. The molecule has 0 unspecified atom stereocenters. The second-order valence-corrected chi connectivity index (χ2v) is 13.4. The summed E-state index contributed by atoms with van der Waals surface area (Å²) >= 11 is 8.25. The van der Waals surface area contributed by atoms with Gasteiger partial charge in [-0.1, -0.05) is 133 Å². The van der Waals surface area contributed by atoms with Crippen molar-refractivity contribution in [3.8, 4) is 0 Å². The average molecular weight is 740 g/mol. The highest BCUT2D eigenvalue weighted by molar-refractivity contribution is 8.37. The molecule has 0 spiro atoms. The number of amides is 2. The molecule has 0 fully saturated rings. The fourth-order valence-electron chi connectivity index (χ4n) is 3.55. The Labute approximate surface area is 304 Å². The first kappa shape index (κ1) is 47.0. The fraction of sp³-hybridized carbons (Fsp3) is 0.400. The molecule has 3 rings (SSSR count). The minimum atomic E-state index is -0.551. The minimum Gasteiger partial charge on any atom is -0.338 e. The van der Waals surface area contributed by atoms with Crippen LogP contribution in [-0.2, 0) is 70.1 Å². The molecule has 2 amide bonds. The second-order valence-electron chi connectivity index (χ2n) is 11.6. The summed E-state index contributed by atoms with van der Waals surface area (Å²) < 4.78 is 0. The summed E-state index contributed by atoms with van der Waals surface area (Å²) in [7, 11) is 0.917. The van der Waals surface area contributed by atoms with Gasteiger partial charge in [-0.2, -0.15) is 5.06 Å². The monoisotopic (exact) mass is 739 g/mol. The first-order chi connectivity index (χ1) is 22.2.